The molecule has 2 saturated heterocycles. The molecule has 3 N–H and O–H groups in total. The highest BCUT2D eigenvalue weighted by molar-refractivity contribution is 8.00. The van der Waals surface area contributed by atoms with E-state index in [1.165, 1.54) is 0 Å². The maximum absolute atomic E-state index is 11.2. The van der Waals surface area contributed by atoms with Gasteiger partial charge in [-0.15, -0.1) is 0 Å². The Morgan fingerprint density at radius 3 is 3.06 bits per heavy atom. The van der Waals surface area contributed by atoms with Crippen molar-refractivity contribution in [3.05, 3.63) is 0 Å². The third-order valence-electron chi connectivity index (χ3n) is 3.36. The third-order valence-corrected chi connectivity index (χ3v) is 4.87. The number of thioether (sulfide) groups is 1. The molecule has 0 aromatic heterocycles. The lowest BCUT2D eigenvalue weighted by molar-refractivity contribution is -0.120. The van der Waals surface area contributed by atoms with E-state index < -0.39 is 0 Å². The minimum atomic E-state index is -0.0318. The summed E-state index contributed by atoms with van der Waals surface area (Å²) in [5.41, 5.74) is 0. The summed E-state index contributed by atoms with van der Waals surface area (Å²) in [6, 6.07) is 0.555. The molecule has 0 unspecified atom stereocenters. The van der Waals surface area contributed by atoms with E-state index in [1.807, 2.05) is 11.8 Å². The molecule has 2 fully saturated rings. The molecular formula is C11H19N3O2S. The molecule has 0 aromatic rings. The highest BCUT2D eigenvalue weighted by Crippen LogP contribution is 2.33. The number of hydrogen-bond acceptors (Lipinski definition) is 3. The molecule has 0 aliphatic carbocycles. The molecule has 6 heteroatoms. The van der Waals surface area contributed by atoms with Gasteiger partial charge in [-0.05, 0) is 12.8 Å². The van der Waals surface area contributed by atoms with E-state index in [4.69, 9.17) is 0 Å². The van der Waals surface area contributed by atoms with Gasteiger partial charge < -0.3 is 16.0 Å². The maximum Gasteiger partial charge on any atom is 0.315 e. The second-order valence-corrected chi connectivity index (χ2v) is 5.81. The van der Waals surface area contributed by atoms with Crippen molar-refractivity contribution in [3.63, 3.8) is 0 Å². The topological polar surface area (TPSA) is 70.2 Å². The molecule has 2 aliphatic rings. The molecule has 2 heterocycles. The Balaban J connectivity index is 1.66. The van der Waals surface area contributed by atoms with Crippen LogP contribution in [0.3, 0.4) is 0 Å². The molecule has 3 atom stereocenters. The minimum Gasteiger partial charge on any atom is -0.359 e. The van der Waals surface area contributed by atoms with Gasteiger partial charge >= 0.3 is 6.03 Å². The van der Waals surface area contributed by atoms with Gasteiger partial charge in [0.15, 0.2) is 0 Å². The van der Waals surface area contributed by atoms with E-state index in [2.05, 4.69) is 16.0 Å². The SMILES string of the molecule is CNC(=O)CCCC[C@@H]1SC[C@@H]2NC(=O)N[C@@H]21. The summed E-state index contributed by atoms with van der Waals surface area (Å²) < 4.78 is 0. The van der Waals surface area contributed by atoms with Crippen molar-refractivity contribution >= 4 is 23.7 Å². The van der Waals surface area contributed by atoms with Crippen LogP contribution in [0.2, 0.25) is 0 Å². The second-order valence-electron chi connectivity index (χ2n) is 4.54. The van der Waals surface area contributed by atoms with E-state index in [-0.39, 0.29) is 18.0 Å². The van der Waals surface area contributed by atoms with Crippen molar-refractivity contribution in [2.24, 2.45) is 0 Å². The van der Waals surface area contributed by atoms with Crippen molar-refractivity contribution in [3.8, 4) is 0 Å². The smallest absolute Gasteiger partial charge is 0.315 e. The van der Waals surface area contributed by atoms with Crippen LogP contribution in [-0.4, -0.2) is 42.1 Å². The van der Waals surface area contributed by atoms with Crippen molar-refractivity contribution in [1.29, 1.82) is 0 Å². The van der Waals surface area contributed by atoms with Gasteiger partial charge in [0.05, 0.1) is 12.1 Å². The van der Waals surface area contributed by atoms with Gasteiger partial charge in [0, 0.05) is 24.5 Å². The number of nitrogens with one attached hydrogen (secondary N) is 3. The second kappa shape index (κ2) is 5.62. The Bertz CT molecular complexity index is 311. The van der Waals surface area contributed by atoms with Crippen LogP contribution in [0.4, 0.5) is 4.79 Å². The molecule has 3 amide bonds. The van der Waals surface area contributed by atoms with Gasteiger partial charge in [0.1, 0.15) is 0 Å². The Morgan fingerprint density at radius 1 is 1.47 bits per heavy atom. The number of unbranched alkanes of at least 4 members (excludes halogenated alkanes) is 1. The van der Waals surface area contributed by atoms with Gasteiger partial charge in [-0.2, -0.15) is 11.8 Å². The number of hydrogen-bond donors (Lipinski definition) is 3. The molecule has 0 saturated carbocycles. The highest BCUT2D eigenvalue weighted by atomic mass is 32.2. The zero-order valence-corrected chi connectivity index (χ0v) is 10.8. The van der Waals surface area contributed by atoms with Crippen LogP contribution < -0.4 is 16.0 Å². The lowest BCUT2D eigenvalue weighted by atomic mass is 10.0. The average Bonchev–Trinajstić information content (AvgIpc) is 2.84. The Hall–Kier alpha value is -0.910. The van der Waals surface area contributed by atoms with Crippen LogP contribution in [0, 0.1) is 0 Å². The normalized spacial score (nSPS) is 30.6. The Kier molecular flexibility index (Phi) is 4.15. The fourth-order valence-electron chi connectivity index (χ4n) is 2.40. The van der Waals surface area contributed by atoms with Crippen LogP contribution in [0.25, 0.3) is 0 Å². The van der Waals surface area contributed by atoms with Gasteiger partial charge in [0.2, 0.25) is 5.91 Å². The fourth-order valence-corrected chi connectivity index (χ4v) is 3.94. The molecule has 2 rings (SSSR count). The summed E-state index contributed by atoms with van der Waals surface area (Å²) >= 11 is 1.92. The van der Waals surface area contributed by atoms with E-state index in [1.54, 1.807) is 7.05 Å². The number of urea groups is 1. The highest BCUT2D eigenvalue weighted by Gasteiger charge is 2.42. The number of fused-ring (bicyclic) bond motifs is 1. The van der Waals surface area contributed by atoms with E-state index in [0.717, 1.165) is 25.0 Å². The van der Waals surface area contributed by atoms with E-state index >= 15 is 0 Å². The van der Waals surface area contributed by atoms with E-state index in [0.29, 0.717) is 17.7 Å². The standard InChI is InChI=1S/C11H19N3O2S/c1-12-9(15)5-3-2-4-8-10-7(6-17-8)13-11(16)14-10/h7-8,10H,2-6H2,1H3,(H,12,15)(H2,13,14,16)/t7-,8-,10-/m0/s1. The molecule has 17 heavy (non-hydrogen) atoms. The zero-order chi connectivity index (χ0) is 12.3. The number of amides is 3. The summed E-state index contributed by atoms with van der Waals surface area (Å²) in [6.07, 6.45) is 3.65. The number of carbonyl (C=O) groups is 2. The lowest BCUT2D eigenvalue weighted by Crippen LogP contribution is -2.36. The summed E-state index contributed by atoms with van der Waals surface area (Å²) in [7, 11) is 1.67. The average molecular weight is 257 g/mol. The van der Waals surface area contributed by atoms with Crippen molar-refractivity contribution in [2.75, 3.05) is 12.8 Å². The summed E-state index contributed by atoms with van der Waals surface area (Å²) in [6.45, 7) is 0. The first kappa shape index (κ1) is 12.5. The van der Waals surface area contributed by atoms with Crippen LogP contribution >= 0.6 is 11.8 Å². The van der Waals surface area contributed by atoms with Crippen LogP contribution in [-0.2, 0) is 4.79 Å². The predicted molar refractivity (Wildman–Crippen MR) is 68.0 cm³/mol. The first-order valence-corrected chi connectivity index (χ1v) is 7.15. The van der Waals surface area contributed by atoms with E-state index in [9.17, 15) is 9.59 Å². The molecule has 96 valence electrons. The molecular weight excluding hydrogens is 238 g/mol. The molecule has 0 spiro atoms. The van der Waals surface area contributed by atoms with Crippen molar-refractivity contribution < 1.29 is 9.59 Å². The summed E-state index contributed by atoms with van der Waals surface area (Å²) in [5.74, 6) is 1.11. The Labute approximate surface area is 105 Å². The zero-order valence-electron chi connectivity index (χ0n) is 9.99. The van der Waals surface area contributed by atoms with Crippen LogP contribution in [0.1, 0.15) is 25.7 Å². The Morgan fingerprint density at radius 2 is 2.29 bits per heavy atom. The number of carbonyl (C=O) groups excluding carboxylic acids is 2. The van der Waals surface area contributed by atoms with Gasteiger partial charge in [-0.1, -0.05) is 6.42 Å². The lowest BCUT2D eigenvalue weighted by Gasteiger charge is -2.16. The van der Waals surface area contributed by atoms with Crippen LogP contribution in [0.5, 0.6) is 0 Å². The first-order valence-electron chi connectivity index (χ1n) is 6.10. The van der Waals surface area contributed by atoms with Crippen molar-refractivity contribution in [2.45, 2.75) is 43.0 Å². The number of rotatable bonds is 5. The quantitative estimate of drug-likeness (QED) is 0.495. The third kappa shape index (κ3) is 3.06. The van der Waals surface area contributed by atoms with Gasteiger partial charge in [-0.3, -0.25) is 4.79 Å². The van der Waals surface area contributed by atoms with Crippen LogP contribution in [0.15, 0.2) is 0 Å². The molecule has 0 radical (unpaired) electrons. The molecule has 0 aromatic carbocycles. The van der Waals surface area contributed by atoms with Gasteiger partial charge in [-0.25, -0.2) is 4.79 Å². The van der Waals surface area contributed by atoms with Crippen molar-refractivity contribution in [1.82, 2.24) is 16.0 Å². The largest absolute Gasteiger partial charge is 0.359 e. The molecule has 0 bridgehead atoms. The minimum absolute atomic E-state index is 0.0318. The first-order chi connectivity index (χ1) is 8.20. The fraction of sp³-hybridized carbons (Fsp3) is 0.818. The molecule has 2 aliphatic heterocycles. The monoisotopic (exact) mass is 257 g/mol. The summed E-state index contributed by atoms with van der Waals surface area (Å²) in [5, 5.41) is 9.03. The predicted octanol–water partition coefficient (Wildman–Crippen LogP) is 0.458. The summed E-state index contributed by atoms with van der Waals surface area (Å²) in [4.78, 5) is 22.2. The maximum atomic E-state index is 11.2. The van der Waals surface area contributed by atoms with Gasteiger partial charge in [0.25, 0.3) is 0 Å². The molecule has 5 nitrogen and oxygen atoms in total.